The average molecular weight is 423 g/mol. The first kappa shape index (κ1) is 19.1. The largest absolute Gasteiger partial charge is 0.398 e. The van der Waals surface area contributed by atoms with Gasteiger partial charge in [-0.25, -0.2) is 9.67 Å². The summed E-state index contributed by atoms with van der Waals surface area (Å²) in [7, 11) is 0. The van der Waals surface area contributed by atoms with Gasteiger partial charge in [-0.2, -0.15) is 0 Å². The third kappa shape index (κ3) is 3.81. The van der Waals surface area contributed by atoms with Crippen LogP contribution in [0, 0.1) is 0 Å². The summed E-state index contributed by atoms with van der Waals surface area (Å²) in [6.07, 6.45) is 0. The molecule has 5 nitrogen and oxygen atoms in total. The summed E-state index contributed by atoms with van der Waals surface area (Å²) < 4.78 is 1.78. The number of hydrogen-bond acceptors (Lipinski definition) is 5. The van der Waals surface area contributed by atoms with E-state index in [2.05, 4.69) is 0 Å². The van der Waals surface area contributed by atoms with Gasteiger partial charge in [0, 0.05) is 22.2 Å². The first-order valence-electron chi connectivity index (χ1n) is 9.77. The van der Waals surface area contributed by atoms with Crippen molar-refractivity contribution in [3.63, 3.8) is 0 Å². The molecular weight excluding hydrogens is 404 g/mol. The van der Waals surface area contributed by atoms with E-state index in [1.807, 2.05) is 91.0 Å². The summed E-state index contributed by atoms with van der Waals surface area (Å²) in [6, 6.07) is 30.5. The topological polar surface area (TPSA) is 73.8 Å². The van der Waals surface area contributed by atoms with E-state index < -0.39 is 0 Å². The summed E-state index contributed by atoms with van der Waals surface area (Å²) >= 11 is 1.35. The van der Waals surface area contributed by atoms with E-state index in [0.717, 1.165) is 16.1 Å². The zero-order valence-corrected chi connectivity index (χ0v) is 17.3. The van der Waals surface area contributed by atoms with Crippen LogP contribution in [0.4, 0.5) is 5.69 Å². The lowest BCUT2D eigenvalue weighted by Crippen LogP contribution is -2.14. The highest BCUT2D eigenvalue weighted by Crippen LogP contribution is 2.33. The number of hydrogen-bond donors (Lipinski definition) is 1. The van der Waals surface area contributed by atoms with E-state index >= 15 is 0 Å². The van der Waals surface area contributed by atoms with Crippen LogP contribution in [0.1, 0.15) is 0 Å². The fourth-order valence-corrected chi connectivity index (χ4v) is 4.23. The van der Waals surface area contributed by atoms with Crippen molar-refractivity contribution >= 4 is 17.4 Å². The van der Waals surface area contributed by atoms with Crippen molar-refractivity contribution in [2.45, 2.75) is 9.79 Å². The molecule has 0 saturated heterocycles. The monoisotopic (exact) mass is 422 g/mol. The Morgan fingerprint density at radius 3 is 2.19 bits per heavy atom. The fourth-order valence-electron chi connectivity index (χ4n) is 3.33. The molecule has 0 saturated carbocycles. The number of rotatable bonds is 4. The van der Waals surface area contributed by atoms with Gasteiger partial charge >= 0.3 is 0 Å². The molecular formula is C25H18N4OS. The SMILES string of the molecule is Nc1ccccc1Sc1cc2nc(-c3ccccc3)nn(-c3ccccc3)c-2cc1=O. The minimum Gasteiger partial charge on any atom is -0.398 e. The first-order valence-corrected chi connectivity index (χ1v) is 10.6. The third-order valence-corrected chi connectivity index (χ3v) is 5.99. The molecule has 5 rings (SSSR count). The van der Waals surface area contributed by atoms with Crippen molar-refractivity contribution in [3.8, 4) is 28.5 Å². The second-order valence-corrected chi connectivity index (χ2v) is 8.06. The Hall–Kier alpha value is -3.90. The number of nitrogens with zero attached hydrogens (tertiary/aromatic N) is 3. The molecule has 150 valence electrons. The maximum Gasteiger partial charge on any atom is 0.194 e. The minimum atomic E-state index is -0.0958. The van der Waals surface area contributed by atoms with Gasteiger partial charge in [-0.3, -0.25) is 4.79 Å². The maximum atomic E-state index is 13.0. The molecule has 31 heavy (non-hydrogen) atoms. The first-order chi connectivity index (χ1) is 15.2. The molecule has 2 N–H and O–H groups in total. The smallest absolute Gasteiger partial charge is 0.194 e. The van der Waals surface area contributed by atoms with Gasteiger partial charge in [-0.05, 0) is 30.3 Å². The predicted molar refractivity (Wildman–Crippen MR) is 125 cm³/mol. The molecule has 0 spiro atoms. The maximum absolute atomic E-state index is 13.0. The number of nitrogen functional groups attached to an aromatic ring is 1. The quantitative estimate of drug-likeness (QED) is 0.406. The molecule has 2 aliphatic rings. The second-order valence-electron chi connectivity index (χ2n) is 6.98. The third-order valence-electron chi connectivity index (χ3n) is 4.86. The number of fused-ring (bicyclic) bond motifs is 1. The molecule has 1 heterocycles. The summed E-state index contributed by atoms with van der Waals surface area (Å²) in [5, 5.41) is 4.75. The highest BCUT2D eigenvalue weighted by atomic mass is 32.2. The van der Waals surface area contributed by atoms with Gasteiger partial charge in [0.1, 0.15) is 0 Å². The number of benzene rings is 4. The zero-order chi connectivity index (χ0) is 21.2. The lowest BCUT2D eigenvalue weighted by Gasteiger charge is -2.16. The molecule has 0 amide bonds. The molecule has 1 aliphatic heterocycles. The molecule has 0 fully saturated rings. The molecule has 3 aromatic carbocycles. The van der Waals surface area contributed by atoms with Crippen LogP contribution in [0.25, 0.3) is 28.5 Å². The molecule has 0 atom stereocenters. The molecule has 0 aromatic heterocycles. The number of nitrogens with two attached hydrogens (primary N) is 1. The summed E-state index contributed by atoms with van der Waals surface area (Å²) in [5.41, 5.74) is 9.73. The molecule has 0 bridgehead atoms. The Balaban J connectivity index is 1.72. The number of aromatic nitrogens is 3. The van der Waals surface area contributed by atoms with E-state index in [-0.39, 0.29) is 5.43 Å². The molecule has 3 aromatic rings. The van der Waals surface area contributed by atoms with Gasteiger partial charge in [-0.1, -0.05) is 72.4 Å². The van der Waals surface area contributed by atoms with Crippen LogP contribution in [0.5, 0.6) is 0 Å². The standard InChI is InChI=1S/C25H18N4OS/c26-19-13-7-8-14-23(19)31-24-15-20-21(16-22(24)30)29(18-11-5-2-6-12-18)28-25(27-20)17-9-3-1-4-10-17/h1-16H,26H2. The van der Waals surface area contributed by atoms with Gasteiger partial charge in [0.2, 0.25) is 0 Å². The summed E-state index contributed by atoms with van der Waals surface area (Å²) in [4.78, 5) is 19.2. The van der Waals surface area contributed by atoms with Crippen LogP contribution < -0.4 is 11.2 Å². The number of anilines is 1. The molecule has 1 aliphatic carbocycles. The normalized spacial score (nSPS) is 11.0. The highest BCUT2D eigenvalue weighted by Gasteiger charge is 2.18. The van der Waals surface area contributed by atoms with Gasteiger partial charge < -0.3 is 5.73 Å². The fraction of sp³-hybridized carbons (Fsp3) is 0. The van der Waals surface area contributed by atoms with Crippen LogP contribution in [0.3, 0.4) is 0 Å². The van der Waals surface area contributed by atoms with Crippen LogP contribution in [0.15, 0.2) is 112 Å². The van der Waals surface area contributed by atoms with Crippen molar-refractivity contribution in [2.75, 3.05) is 5.73 Å². The Morgan fingerprint density at radius 2 is 1.45 bits per heavy atom. The Kier molecular flexibility index (Phi) is 4.98. The van der Waals surface area contributed by atoms with Crippen molar-refractivity contribution in [1.29, 1.82) is 0 Å². The number of para-hydroxylation sites is 2. The van der Waals surface area contributed by atoms with E-state index in [1.165, 1.54) is 11.8 Å². The predicted octanol–water partition coefficient (Wildman–Crippen LogP) is 5.13. The van der Waals surface area contributed by atoms with Crippen LogP contribution in [-0.2, 0) is 0 Å². The van der Waals surface area contributed by atoms with Gasteiger partial charge in [0.05, 0.1) is 22.0 Å². The highest BCUT2D eigenvalue weighted by molar-refractivity contribution is 7.99. The van der Waals surface area contributed by atoms with Gasteiger partial charge in [0.25, 0.3) is 0 Å². The molecule has 0 unspecified atom stereocenters. The van der Waals surface area contributed by atoms with Gasteiger partial charge in [-0.15, -0.1) is 5.10 Å². The summed E-state index contributed by atoms with van der Waals surface area (Å²) in [5.74, 6) is 0.589. The minimum absolute atomic E-state index is 0.0958. The Labute approximate surface area is 183 Å². The van der Waals surface area contributed by atoms with Crippen LogP contribution >= 0.6 is 11.8 Å². The van der Waals surface area contributed by atoms with Crippen molar-refractivity contribution in [3.05, 3.63) is 107 Å². The average Bonchev–Trinajstić information content (AvgIpc) is 2.81. The zero-order valence-electron chi connectivity index (χ0n) is 16.5. The van der Waals surface area contributed by atoms with E-state index in [1.54, 1.807) is 10.7 Å². The Bertz CT molecular complexity index is 1380. The summed E-state index contributed by atoms with van der Waals surface area (Å²) in [6.45, 7) is 0. The van der Waals surface area contributed by atoms with Gasteiger partial charge in [0.15, 0.2) is 11.3 Å². The van der Waals surface area contributed by atoms with Crippen LogP contribution in [0.2, 0.25) is 0 Å². The van der Waals surface area contributed by atoms with Crippen LogP contribution in [-0.4, -0.2) is 14.8 Å². The van der Waals surface area contributed by atoms with E-state index in [0.29, 0.717) is 27.8 Å². The van der Waals surface area contributed by atoms with E-state index in [9.17, 15) is 4.79 Å². The van der Waals surface area contributed by atoms with Crippen molar-refractivity contribution in [2.24, 2.45) is 0 Å². The molecule has 6 heteroatoms. The van der Waals surface area contributed by atoms with E-state index in [4.69, 9.17) is 15.8 Å². The Morgan fingerprint density at radius 1 is 0.774 bits per heavy atom. The van der Waals surface area contributed by atoms with Crippen molar-refractivity contribution < 1.29 is 0 Å². The second kappa shape index (κ2) is 8.08. The lowest BCUT2D eigenvalue weighted by molar-refractivity contribution is 0.825. The van der Waals surface area contributed by atoms with Crippen molar-refractivity contribution in [1.82, 2.24) is 14.8 Å². The molecule has 0 radical (unpaired) electrons. The lowest BCUT2D eigenvalue weighted by atomic mass is 10.1.